The average Bonchev–Trinajstić information content (AvgIpc) is 3.24. The van der Waals surface area contributed by atoms with E-state index in [1.54, 1.807) is 46.8 Å². The second-order valence-corrected chi connectivity index (χ2v) is 6.80. The Kier molecular flexibility index (Phi) is 6.60. The van der Waals surface area contributed by atoms with Crippen LogP contribution in [-0.4, -0.2) is 29.4 Å². The molecular weight excluding hydrogens is 379 g/mol. The van der Waals surface area contributed by atoms with Crippen molar-refractivity contribution in [2.75, 3.05) is 13.7 Å². The fourth-order valence-electron chi connectivity index (χ4n) is 2.70. The van der Waals surface area contributed by atoms with Gasteiger partial charge in [-0.15, -0.1) is 11.3 Å². The first-order chi connectivity index (χ1) is 13.6. The minimum absolute atomic E-state index is 0.121. The van der Waals surface area contributed by atoms with Crippen LogP contribution >= 0.6 is 11.3 Å². The highest BCUT2D eigenvalue weighted by Gasteiger charge is 2.16. The average molecular weight is 400 g/mol. The largest absolute Gasteiger partial charge is 0.494 e. The topological polar surface area (TPSA) is 51.7 Å². The molecule has 0 aliphatic rings. The molecule has 0 aliphatic heterocycles. The van der Waals surface area contributed by atoms with Gasteiger partial charge in [-0.3, -0.25) is 4.79 Å². The van der Waals surface area contributed by atoms with E-state index in [1.165, 1.54) is 24.5 Å². The van der Waals surface area contributed by atoms with E-state index >= 15 is 0 Å². The first-order valence-electron chi connectivity index (χ1n) is 8.82. The molecule has 0 bridgehead atoms. The number of ether oxygens (including phenoxy) is 2. The van der Waals surface area contributed by atoms with Crippen molar-refractivity contribution in [3.05, 3.63) is 76.0 Å². The lowest BCUT2D eigenvalue weighted by atomic mass is 10.1. The van der Waals surface area contributed by atoms with Gasteiger partial charge in [-0.25, -0.2) is 9.37 Å². The van der Waals surface area contributed by atoms with Gasteiger partial charge in [0.1, 0.15) is 12.4 Å². The number of halogens is 1. The van der Waals surface area contributed by atoms with Crippen LogP contribution in [0.4, 0.5) is 4.39 Å². The lowest BCUT2D eigenvalue weighted by molar-refractivity contribution is 0.0752. The Hall–Kier alpha value is -2.93. The summed E-state index contributed by atoms with van der Waals surface area (Å²) in [4.78, 5) is 18.6. The second kappa shape index (κ2) is 9.32. The highest BCUT2D eigenvalue weighted by Crippen LogP contribution is 2.20. The molecule has 0 saturated carbocycles. The predicted molar refractivity (Wildman–Crippen MR) is 106 cm³/mol. The fourth-order valence-corrected chi connectivity index (χ4v) is 3.24. The molecule has 0 aliphatic carbocycles. The number of nitrogens with zero attached hydrogens (tertiary/aromatic N) is 2. The summed E-state index contributed by atoms with van der Waals surface area (Å²) in [6, 6.07) is 11.7. The van der Waals surface area contributed by atoms with Gasteiger partial charge in [0.25, 0.3) is 5.91 Å². The normalized spacial score (nSPS) is 10.5. The second-order valence-electron chi connectivity index (χ2n) is 6.08. The molecule has 146 valence electrons. The van der Waals surface area contributed by atoms with Crippen molar-refractivity contribution in [1.29, 1.82) is 0 Å². The Labute approximate surface area is 167 Å². The SMILES string of the molecule is CCN(Cc1ccc(OC)c(F)c1)C(=O)c1ccc(OCc2cscn2)cc1. The zero-order chi connectivity index (χ0) is 19.9. The third-order valence-corrected chi connectivity index (χ3v) is 4.87. The van der Waals surface area contributed by atoms with E-state index in [-0.39, 0.29) is 11.7 Å². The van der Waals surface area contributed by atoms with Gasteiger partial charge in [0, 0.05) is 24.0 Å². The first kappa shape index (κ1) is 19.8. The summed E-state index contributed by atoms with van der Waals surface area (Å²) >= 11 is 1.52. The van der Waals surface area contributed by atoms with Crippen molar-refractivity contribution < 1.29 is 18.7 Å². The molecule has 1 amide bonds. The number of rotatable bonds is 8. The summed E-state index contributed by atoms with van der Waals surface area (Å²) in [5.74, 6) is 0.297. The van der Waals surface area contributed by atoms with Gasteiger partial charge in [-0.2, -0.15) is 0 Å². The van der Waals surface area contributed by atoms with Crippen LogP contribution in [0.1, 0.15) is 28.5 Å². The van der Waals surface area contributed by atoms with E-state index in [0.717, 1.165) is 5.69 Å². The number of methoxy groups -OCH3 is 1. The van der Waals surface area contributed by atoms with Gasteiger partial charge >= 0.3 is 0 Å². The number of hydrogen-bond acceptors (Lipinski definition) is 5. The Bertz CT molecular complexity index is 914. The van der Waals surface area contributed by atoms with Crippen LogP contribution in [0.5, 0.6) is 11.5 Å². The van der Waals surface area contributed by atoms with Crippen LogP contribution in [-0.2, 0) is 13.2 Å². The van der Waals surface area contributed by atoms with E-state index in [2.05, 4.69) is 4.98 Å². The third-order valence-electron chi connectivity index (χ3n) is 4.23. The van der Waals surface area contributed by atoms with Crippen molar-refractivity contribution in [3.8, 4) is 11.5 Å². The van der Waals surface area contributed by atoms with Gasteiger partial charge in [0.05, 0.1) is 18.3 Å². The Morgan fingerprint density at radius 2 is 2.00 bits per heavy atom. The zero-order valence-electron chi connectivity index (χ0n) is 15.7. The minimum Gasteiger partial charge on any atom is -0.494 e. The van der Waals surface area contributed by atoms with Crippen molar-refractivity contribution in [2.45, 2.75) is 20.1 Å². The minimum atomic E-state index is -0.440. The van der Waals surface area contributed by atoms with E-state index in [9.17, 15) is 9.18 Å². The molecule has 28 heavy (non-hydrogen) atoms. The maximum absolute atomic E-state index is 13.9. The predicted octanol–water partition coefficient (Wildman–Crippen LogP) is 4.53. The summed E-state index contributed by atoms with van der Waals surface area (Å²) in [5, 5.41) is 1.93. The smallest absolute Gasteiger partial charge is 0.254 e. The molecule has 3 rings (SSSR count). The Morgan fingerprint density at radius 3 is 2.61 bits per heavy atom. The molecule has 0 atom stereocenters. The molecular formula is C21H21FN2O3S. The summed E-state index contributed by atoms with van der Waals surface area (Å²) in [5.41, 5.74) is 3.89. The Balaban J connectivity index is 1.64. The molecule has 0 radical (unpaired) electrons. The maximum atomic E-state index is 13.9. The highest BCUT2D eigenvalue weighted by molar-refractivity contribution is 7.07. The zero-order valence-corrected chi connectivity index (χ0v) is 16.5. The van der Waals surface area contributed by atoms with Crippen LogP contribution in [0.25, 0.3) is 0 Å². The van der Waals surface area contributed by atoms with Gasteiger partial charge in [-0.1, -0.05) is 6.07 Å². The van der Waals surface area contributed by atoms with E-state index in [0.29, 0.717) is 36.6 Å². The summed E-state index contributed by atoms with van der Waals surface area (Å²) in [6.07, 6.45) is 0. The number of hydrogen-bond donors (Lipinski definition) is 0. The molecule has 3 aromatic rings. The van der Waals surface area contributed by atoms with Crippen molar-refractivity contribution >= 4 is 17.2 Å². The summed E-state index contributed by atoms with van der Waals surface area (Å²) < 4.78 is 24.5. The van der Waals surface area contributed by atoms with Crippen LogP contribution in [0.3, 0.4) is 0 Å². The fraction of sp³-hybridized carbons (Fsp3) is 0.238. The molecule has 1 heterocycles. The molecule has 0 spiro atoms. The van der Waals surface area contributed by atoms with E-state index in [4.69, 9.17) is 9.47 Å². The van der Waals surface area contributed by atoms with Crippen molar-refractivity contribution in [2.24, 2.45) is 0 Å². The quantitative estimate of drug-likeness (QED) is 0.557. The maximum Gasteiger partial charge on any atom is 0.254 e. The lowest BCUT2D eigenvalue weighted by Crippen LogP contribution is -2.30. The van der Waals surface area contributed by atoms with Crippen LogP contribution < -0.4 is 9.47 Å². The van der Waals surface area contributed by atoms with Crippen molar-refractivity contribution in [3.63, 3.8) is 0 Å². The van der Waals surface area contributed by atoms with Crippen molar-refractivity contribution in [1.82, 2.24) is 9.88 Å². The molecule has 0 unspecified atom stereocenters. The molecule has 0 saturated heterocycles. The van der Waals surface area contributed by atoms with Crippen LogP contribution in [0.15, 0.2) is 53.4 Å². The van der Waals surface area contributed by atoms with Crippen LogP contribution in [0, 0.1) is 5.82 Å². The summed E-state index contributed by atoms with van der Waals surface area (Å²) in [6.45, 7) is 3.11. The monoisotopic (exact) mass is 400 g/mol. The van der Waals surface area contributed by atoms with Crippen LogP contribution in [0.2, 0.25) is 0 Å². The Morgan fingerprint density at radius 1 is 1.21 bits per heavy atom. The molecule has 5 nitrogen and oxygen atoms in total. The van der Waals surface area contributed by atoms with Gasteiger partial charge in [-0.05, 0) is 48.9 Å². The molecule has 0 fully saturated rings. The number of benzene rings is 2. The molecule has 2 aromatic carbocycles. The van der Waals surface area contributed by atoms with Gasteiger partial charge in [0.2, 0.25) is 0 Å². The molecule has 7 heteroatoms. The summed E-state index contributed by atoms with van der Waals surface area (Å²) in [7, 11) is 1.42. The van der Waals surface area contributed by atoms with Gasteiger partial charge in [0.15, 0.2) is 11.6 Å². The number of aromatic nitrogens is 1. The molecule has 1 aromatic heterocycles. The first-order valence-corrected chi connectivity index (χ1v) is 9.76. The van der Waals surface area contributed by atoms with E-state index in [1.807, 2.05) is 12.3 Å². The highest BCUT2D eigenvalue weighted by atomic mass is 32.1. The van der Waals surface area contributed by atoms with E-state index < -0.39 is 5.82 Å². The number of carbonyl (C=O) groups is 1. The number of carbonyl (C=O) groups excluding carboxylic acids is 1. The standard InChI is InChI=1S/C21H21FN2O3S/c1-3-24(11-15-4-9-20(26-2)19(22)10-15)21(25)16-5-7-18(8-6-16)27-12-17-13-28-14-23-17/h4-10,13-14H,3,11-12H2,1-2H3. The number of thiazole rings is 1. The van der Waals surface area contributed by atoms with Gasteiger partial charge < -0.3 is 14.4 Å². The molecule has 0 N–H and O–H groups in total. The lowest BCUT2D eigenvalue weighted by Gasteiger charge is -2.21. The number of amides is 1. The third kappa shape index (κ3) is 4.86.